The van der Waals surface area contributed by atoms with E-state index in [1.165, 1.54) is 131 Å². The Kier molecular flexibility index (Phi) is 14.3. The van der Waals surface area contributed by atoms with Gasteiger partial charge < -0.3 is 17.7 Å². The molecule has 0 aliphatic heterocycles. The second kappa shape index (κ2) is 25.4. The van der Waals surface area contributed by atoms with Crippen LogP contribution < -0.4 is 0 Å². The zero-order chi connectivity index (χ0) is 73.5. The molecule has 0 N–H and O–H groups in total. The summed E-state index contributed by atoms with van der Waals surface area (Å²) >= 11 is 0. The van der Waals surface area contributed by atoms with Crippen LogP contribution in [-0.4, -0.2) is 0 Å². The molecule has 0 saturated heterocycles. The molecule has 112 heavy (non-hydrogen) atoms. The van der Waals surface area contributed by atoms with Gasteiger partial charge in [0.1, 0.15) is 44.7 Å². The van der Waals surface area contributed by atoms with E-state index in [9.17, 15) is 0 Å². The largest absolute Gasteiger partial charge is 0.456 e. The summed E-state index contributed by atoms with van der Waals surface area (Å²) in [6.07, 6.45) is 0. The topological polar surface area (TPSA) is 52.6 Å². The van der Waals surface area contributed by atoms with Crippen LogP contribution in [0.3, 0.4) is 0 Å². The minimum atomic E-state index is 0.891. The Balaban J connectivity index is 0.000000134. The molecule has 4 aromatic heterocycles. The maximum absolute atomic E-state index is 6.43. The molecule has 4 nitrogen and oxygen atoms in total. The van der Waals surface area contributed by atoms with Crippen LogP contribution in [0.1, 0.15) is 0 Å². The Hall–Kier alpha value is -14.8. The molecule has 0 amide bonds. The van der Waals surface area contributed by atoms with E-state index in [1.807, 2.05) is 36.4 Å². The minimum absolute atomic E-state index is 0.891. The predicted octanol–water partition coefficient (Wildman–Crippen LogP) is 31.2. The number of para-hydroxylation sites is 4. The average molecular weight is 1430 g/mol. The SMILES string of the molecule is c1ccc(-c2cccc3cccc(-c4c5cccc(-c6ccc7oc8ccccc8c7c6)c5cc5c(-c6ccc7oc8ccccc8c7c6)cccc45)c23)cc1.c1ccc(-c2cccc3cccc(-c4c5cccc(-c6cccc7oc8ccccc8c67)c5cc5c(-c6cccc7oc8ccccc8c67)cccc45)c23)cc1. The number of hydrogen-bond donors (Lipinski definition) is 0. The van der Waals surface area contributed by atoms with Gasteiger partial charge in [0.15, 0.2) is 0 Å². The molecule has 0 atom stereocenters. The fourth-order valence-corrected chi connectivity index (χ4v) is 18.5. The Morgan fingerprint density at radius 1 is 0.125 bits per heavy atom. The van der Waals surface area contributed by atoms with Crippen LogP contribution >= 0.6 is 0 Å². The van der Waals surface area contributed by atoms with Gasteiger partial charge in [-0.15, -0.1) is 0 Å². The first kappa shape index (κ1) is 63.3. The highest BCUT2D eigenvalue weighted by Crippen LogP contribution is 2.52. The Labute approximate surface area is 643 Å². The maximum atomic E-state index is 6.43. The third kappa shape index (κ3) is 9.95. The third-order valence-corrected chi connectivity index (χ3v) is 23.4. The van der Waals surface area contributed by atoms with E-state index in [-0.39, 0.29) is 0 Å². The van der Waals surface area contributed by atoms with Crippen molar-refractivity contribution >= 4 is 152 Å². The van der Waals surface area contributed by atoms with Crippen LogP contribution in [0, 0.1) is 0 Å². The fourth-order valence-electron chi connectivity index (χ4n) is 18.5. The van der Waals surface area contributed by atoms with Crippen molar-refractivity contribution in [1.29, 1.82) is 0 Å². The zero-order valence-corrected chi connectivity index (χ0v) is 60.6. The van der Waals surface area contributed by atoms with Crippen molar-refractivity contribution in [1.82, 2.24) is 0 Å². The predicted molar refractivity (Wildman–Crippen MR) is 471 cm³/mol. The first-order chi connectivity index (χ1) is 55.6. The molecule has 20 aromatic carbocycles. The molecule has 4 heteroatoms. The van der Waals surface area contributed by atoms with Gasteiger partial charge in [0.25, 0.3) is 0 Å². The van der Waals surface area contributed by atoms with Crippen LogP contribution in [0.25, 0.3) is 241 Å². The first-order valence-electron chi connectivity index (χ1n) is 38.3. The molecule has 0 fully saturated rings. The number of rotatable bonds is 8. The van der Waals surface area contributed by atoms with Crippen LogP contribution in [0.5, 0.6) is 0 Å². The first-order valence-corrected chi connectivity index (χ1v) is 38.3. The van der Waals surface area contributed by atoms with Gasteiger partial charge >= 0.3 is 0 Å². The molecule has 0 aliphatic rings. The van der Waals surface area contributed by atoms with Crippen molar-refractivity contribution in [3.8, 4) is 89.0 Å². The highest BCUT2D eigenvalue weighted by atomic mass is 16.3. The number of benzene rings is 20. The second-order valence-corrected chi connectivity index (χ2v) is 29.4. The van der Waals surface area contributed by atoms with Crippen molar-refractivity contribution < 1.29 is 17.7 Å². The lowest BCUT2D eigenvalue weighted by Gasteiger charge is -2.20. The Bertz CT molecular complexity index is 7650. The standard InChI is InChI=1S/2C54H32O2/c1-2-14-33(15-3-1)35-20-8-16-34-17-9-27-44(51(34)35)52-40-23-10-21-36(38-25-12-30-49-53(38)42-18-4-6-28-47(42)55-49)45(40)32-46-37(22-11-24-41(46)52)39-26-13-31-50-54(39)43-19-5-7-29-48(43)56-50;1-2-12-33(13-3-1)39-20-8-14-34-15-9-23-44(53(34)39)54-42-21-10-18-37(35-26-28-51-47(30-35)40-16-4-6-24-49(40)55-51)45(42)32-46-38(19-11-22-43(46)54)36-27-29-52-48(31-36)41-17-5-7-25-50(41)56-52/h2*1-32H. The summed E-state index contributed by atoms with van der Waals surface area (Å²) in [5.41, 5.74) is 26.3. The summed E-state index contributed by atoms with van der Waals surface area (Å²) in [5.74, 6) is 0. The van der Waals surface area contributed by atoms with E-state index in [0.717, 1.165) is 110 Å². The van der Waals surface area contributed by atoms with Crippen LogP contribution in [0.2, 0.25) is 0 Å². The summed E-state index contributed by atoms with van der Waals surface area (Å²) in [4.78, 5) is 0. The van der Waals surface area contributed by atoms with E-state index in [2.05, 4.69) is 352 Å². The minimum Gasteiger partial charge on any atom is -0.456 e. The summed E-state index contributed by atoms with van der Waals surface area (Å²) in [6.45, 7) is 0. The smallest absolute Gasteiger partial charge is 0.136 e. The lowest BCUT2D eigenvalue weighted by atomic mass is 9.83. The fraction of sp³-hybridized carbons (Fsp3) is 0. The zero-order valence-electron chi connectivity index (χ0n) is 60.6. The molecule has 520 valence electrons. The van der Waals surface area contributed by atoms with E-state index in [4.69, 9.17) is 17.7 Å². The normalized spacial score (nSPS) is 11.9. The molecular weight excluding hydrogens is 1360 g/mol. The summed E-state index contributed by atoms with van der Waals surface area (Å²) in [7, 11) is 0. The van der Waals surface area contributed by atoms with Crippen LogP contribution in [0.15, 0.2) is 406 Å². The molecule has 24 aromatic rings. The van der Waals surface area contributed by atoms with E-state index >= 15 is 0 Å². The van der Waals surface area contributed by atoms with Gasteiger partial charge in [-0.05, 0) is 226 Å². The summed E-state index contributed by atoms with van der Waals surface area (Å²) in [6, 6.07) is 140. The van der Waals surface area contributed by atoms with Crippen molar-refractivity contribution in [3.63, 3.8) is 0 Å². The quantitative estimate of drug-likeness (QED) is 0.142. The van der Waals surface area contributed by atoms with E-state index in [1.54, 1.807) is 0 Å². The third-order valence-electron chi connectivity index (χ3n) is 23.4. The van der Waals surface area contributed by atoms with Gasteiger partial charge in [-0.2, -0.15) is 0 Å². The number of fused-ring (bicyclic) bond motifs is 18. The van der Waals surface area contributed by atoms with Crippen LogP contribution in [-0.2, 0) is 0 Å². The van der Waals surface area contributed by atoms with E-state index in [0.29, 0.717) is 0 Å². The number of hydrogen-bond acceptors (Lipinski definition) is 4. The van der Waals surface area contributed by atoms with Gasteiger partial charge in [-0.25, -0.2) is 0 Å². The molecule has 0 aliphatic carbocycles. The molecule has 0 saturated carbocycles. The molecule has 4 heterocycles. The van der Waals surface area contributed by atoms with Gasteiger partial charge in [-0.3, -0.25) is 0 Å². The Morgan fingerprint density at radius 3 is 0.812 bits per heavy atom. The molecule has 0 spiro atoms. The summed E-state index contributed by atoms with van der Waals surface area (Å²) in [5, 5.41) is 23.6. The molecular formula is C108H64O4. The molecule has 0 unspecified atom stereocenters. The molecule has 24 rings (SSSR count). The molecule has 0 bridgehead atoms. The number of furan rings is 4. The van der Waals surface area contributed by atoms with E-state index < -0.39 is 0 Å². The lowest BCUT2D eigenvalue weighted by molar-refractivity contribution is 0.668. The van der Waals surface area contributed by atoms with Gasteiger partial charge in [0.2, 0.25) is 0 Å². The molecule has 0 radical (unpaired) electrons. The van der Waals surface area contributed by atoms with Crippen molar-refractivity contribution in [2.24, 2.45) is 0 Å². The highest BCUT2D eigenvalue weighted by molar-refractivity contribution is 6.28. The van der Waals surface area contributed by atoms with Gasteiger partial charge in [0.05, 0.1) is 0 Å². The van der Waals surface area contributed by atoms with Gasteiger partial charge in [-0.1, -0.05) is 315 Å². The lowest BCUT2D eigenvalue weighted by Crippen LogP contribution is -1.93. The highest BCUT2D eigenvalue weighted by Gasteiger charge is 2.25. The van der Waals surface area contributed by atoms with Crippen molar-refractivity contribution in [2.45, 2.75) is 0 Å². The monoisotopic (exact) mass is 1420 g/mol. The van der Waals surface area contributed by atoms with Crippen LogP contribution in [0.4, 0.5) is 0 Å². The van der Waals surface area contributed by atoms with Gasteiger partial charge in [0, 0.05) is 43.1 Å². The van der Waals surface area contributed by atoms with Crippen molar-refractivity contribution in [3.05, 3.63) is 388 Å². The second-order valence-electron chi connectivity index (χ2n) is 29.4. The maximum Gasteiger partial charge on any atom is 0.136 e. The summed E-state index contributed by atoms with van der Waals surface area (Å²) < 4.78 is 25.4. The van der Waals surface area contributed by atoms with Crippen molar-refractivity contribution in [2.75, 3.05) is 0 Å². The average Bonchev–Trinajstić information content (AvgIpc) is 0.777. The Morgan fingerprint density at radius 2 is 0.402 bits per heavy atom.